The first-order chi connectivity index (χ1) is 14.4. The number of carbonyl (C=O) groups excluding carboxylic acids is 1. The molecule has 0 saturated heterocycles. The highest BCUT2D eigenvalue weighted by atomic mass is 32.2. The number of hydrogen-bond acceptors (Lipinski definition) is 6. The predicted octanol–water partition coefficient (Wildman–Crippen LogP) is 3.80. The maximum absolute atomic E-state index is 12.7. The smallest absolute Gasteiger partial charge is 0.291 e. The Bertz CT molecular complexity index is 1170. The fourth-order valence-corrected chi connectivity index (χ4v) is 3.97. The van der Waals surface area contributed by atoms with Crippen molar-refractivity contribution in [2.24, 2.45) is 0 Å². The van der Waals surface area contributed by atoms with Crippen molar-refractivity contribution in [1.82, 2.24) is 0 Å². The summed E-state index contributed by atoms with van der Waals surface area (Å²) in [7, 11) is -3.82. The van der Waals surface area contributed by atoms with E-state index in [9.17, 15) is 13.2 Å². The van der Waals surface area contributed by atoms with Gasteiger partial charge in [0.15, 0.2) is 17.3 Å². The number of sulfonamides is 1. The van der Waals surface area contributed by atoms with Crippen LogP contribution in [-0.2, 0) is 10.0 Å². The monoisotopic (exact) mass is 428 g/mol. The number of aryl methyl sites for hydroxylation is 1. The summed E-state index contributed by atoms with van der Waals surface area (Å²) in [5.41, 5.74) is 0.863. The first-order valence-corrected chi connectivity index (χ1v) is 10.8. The average molecular weight is 428 g/mol. The number of carbonyl (C=O) groups is 1. The van der Waals surface area contributed by atoms with Crippen molar-refractivity contribution in [1.29, 1.82) is 0 Å². The molecular weight excluding hydrogens is 408 g/mol. The van der Waals surface area contributed by atoms with E-state index in [1.165, 1.54) is 12.1 Å². The van der Waals surface area contributed by atoms with Gasteiger partial charge in [0.25, 0.3) is 15.9 Å². The first-order valence-electron chi connectivity index (χ1n) is 9.31. The van der Waals surface area contributed by atoms with Gasteiger partial charge in [-0.25, -0.2) is 8.42 Å². The summed E-state index contributed by atoms with van der Waals surface area (Å²) in [4.78, 5) is 12.2. The van der Waals surface area contributed by atoms with Crippen LogP contribution >= 0.6 is 0 Å². The SMILES string of the molecule is Cc1ccc(C(=O)Nc2ccc(NS(=O)(=O)c3ccc4c(c3)OCCCO4)cc2)o1. The number of furan rings is 1. The Morgan fingerprint density at radius 2 is 1.60 bits per heavy atom. The van der Waals surface area contributed by atoms with Crippen LogP contribution in [0.1, 0.15) is 22.7 Å². The van der Waals surface area contributed by atoms with Crippen molar-refractivity contribution in [3.05, 3.63) is 66.1 Å². The van der Waals surface area contributed by atoms with Crippen LogP contribution in [0.5, 0.6) is 11.5 Å². The maximum Gasteiger partial charge on any atom is 0.291 e. The summed E-state index contributed by atoms with van der Waals surface area (Å²) in [5, 5.41) is 2.69. The molecule has 156 valence electrons. The third-order valence-corrected chi connectivity index (χ3v) is 5.77. The van der Waals surface area contributed by atoms with E-state index in [0.717, 1.165) is 6.42 Å². The van der Waals surface area contributed by atoms with Crippen LogP contribution in [0.15, 0.2) is 63.9 Å². The lowest BCUT2D eigenvalue weighted by Gasteiger charge is -2.12. The largest absolute Gasteiger partial charge is 0.490 e. The molecule has 0 saturated carbocycles. The molecule has 2 N–H and O–H groups in total. The summed E-state index contributed by atoms with van der Waals surface area (Å²) < 4.78 is 44.4. The molecule has 1 aromatic heterocycles. The van der Waals surface area contributed by atoms with Crippen LogP contribution in [0.3, 0.4) is 0 Å². The van der Waals surface area contributed by atoms with Crippen molar-refractivity contribution in [2.75, 3.05) is 23.3 Å². The van der Waals surface area contributed by atoms with Crippen LogP contribution in [0.2, 0.25) is 0 Å². The Hall–Kier alpha value is -3.46. The molecule has 30 heavy (non-hydrogen) atoms. The summed E-state index contributed by atoms with van der Waals surface area (Å²) in [6, 6.07) is 14.1. The lowest BCUT2D eigenvalue weighted by atomic mass is 10.3. The van der Waals surface area contributed by atoms with Gasteiger partial charge in [-0.2, -0.15) is 0 Å². The average Bonchev–Trinajstić information content (AvgIpc) is 3.02. The molecule has 0 unspecified atom stereocenters. The Morgan fingerprint density at radius 3 is 2.30 bits per heavy atom. The number of rotatable bonds is 5. The molecule has 2 aromatic carbocycles. The van der Waals surface area contributed by atoms with E-state index in [1.54, 1.807) is 49.4 Å². The van der Waals surface area contributed by atoms with Gasteiger partial charge in [-0.1, -0.05) is 0 Å². The maximum atomic E-state index is 12.7. The van der Waals surface area contributed by atoms with Gasteiger partial charge in [-0.3, -0.25) is 9.52 Å². The van der Waals surface area contributed by atoms with Crippen LogP contribution in [-0.4, -0.2) is 27.5 Å². The molecule has 0 aliphatic carbocycles. The lowest BCUT2D eigenvalue weighted by molar-refractivity contribution is 0.0995. The molecule has 3 aromatic rings. The topological polar surface area (TPSA) is 107 Å². The lowest BCUT2D eigenvalue weighted by Crippen LogP contribution is -2.14. The van der Waals surface area contributed by atoms with Crippen LogP contribution in [0.25, 0.3) is 0 Å². The second kappa shape index (κ2) is 8.11. The minimum atomic E-state index is -3.82. The highest BCUT2D eigenvalue weighted by molar-refractivity contribution is 7.92. The standard InChI is InChI=1S/C21H20N2O6S/c1-14-3-9-19(29-14)21(24)22-15-4-6-16(7-5-15)23-30(25,26)17-8-10-18-20(13-17)28-12-2-11-27-18/h3-10,13,23H,2,11-12H2,1H3,(H,22,24). The Balaban J connectivity index is 1.46. The van der Waals surface area contributed by atoms with E-state index in [0.29, 0.717) is 41.8 Å². The molecule has 8 nitrogen and oxygen atoms in total. The number of benzene rings is 2. The van der Waals surface area contributed by atoms with E-state index >= 15 is 0 Å². The van der Waals surface area contributed by atoms with Crippen molar-refractivity contribution < 1.29 is 27.1 Å². The third kappa shape index (κ3) is 4.41. The second-order valence-corrected chi connectivity index (χ2v) is 8.39. The molecular formula is C21H20N2O6S. The molecule has 1 amide bonds. The van der Waals surface area contributed by atoms with E-state index < -0.39 is 10.0 Å². The summed E-state index contributed by atoms with van der Waals surface area (Å²) in [5.74, 6) is 1.38. The molecule has 1 aliphatic heterocycles. The molecule has 0 spiro atoms. The molecule has 9 heteroatoms. The van der Waals surface area contributed by atoms with Crippen molar-refractivity contribution >= 4 is 27.3 Å². The third-order valence-electron chi connectivity index (χ3n) is 4.39. The number of hydrogen-bond donors (Lipinski definition) is 2. The van der Waals surface area contributed by atoms with Crippen molar-refractivity contribution in [3.8, 4) is 11.5 Å². The summed E-state index contributed by atoms with van der Waals surface area (Å²) in [6.45, 7) is 2.75. The molecule has 4 rings (SSSR count). The van der Waals surface area contributed by atoms with Crippen molar-refractivity contribution in [3.63, 3.8) is 0 Å². The molecule has 0 bridgehead atoms. The molecule has 2 heterocycles. The van der Waals surface area contributed by atoms with Crippen LogP contribution in [0, 0.1) is 6.92 Å². The number of ether oxygens (including phenoxy) is 2. The number of nitrogens with one attached hydrogen (secondary N) is 2. The first kappa shape index (κ1) is 19.8. The van der Waals surface area contributed by atoms with Gasteiger partial charge in [-0.05, 0) is 55.5 Å². The van der Waals surface area contributed by atoms with Crippen LogP contribution in [0.4, 0.5) is 11.4 Å². The summed E-state index contributed by atoms with van der Waals surface area (Å²) in [6.07, 6.45) is 0.734. The predicted molar refractivity (Wildman–Crippen MR) is 111 cm³/mol. The Labute approximate surface area is 173 Å². The quantitative estimate of drug-likeness (QED) is 0.640. The van der Waals surface area contributed by atoms with Gasteiger partial charge in [0.1, 0.15) is 5.76 Å². The number of amides is 1. The van der Waals surface area contributed by atoms with Crippen molar-refractivity contribution in [2.45, 2.75) is 18.2 Å². The van der Waals surface area contributed by atoms with E-state index in [-0.39, 0.29) is 16.6 Å². The zero-order valence-electron chi connectivity index (χ0n) is 16.2. The minimum Gasteiger partial charge on any atom is -0.490 e. The molecule has 1 aliphatic rings. The molecule has 0 atom stereocenters. The molecule has 0 radical (unpaired) electrons. The zero-order valence-corrected chi connectivity index (χ0v) is 17.0. The van der Waals surface area contributed by atoms with Gasteiger partial charge in [0, 0.05) is 23.9 Å². The number of fused-ring (bicyclic) bond motifs is 1. The Kier molecular flexibility index (Phi) is 5.37. The fourth-order valence-electron chi connectivity index (χ4n) is 2.90. The second-order valence-electron chi connectivity index (χ2n) is 6.71. The normalized spacial score (nSPS) is 13.4. The molecule has 0 fully saturated rings. The van der Waals surface area contributed by atoms with E-state index in [1.807, 2.05) is 0 Å². The number of anilines is 2. The highest BCUT2D eigenvalue weighted by Crippen LogP contribution is 2.32. The van der Waals surface area contributed by atoms with E-state index in [4.69, 9.17) is 13.9 Å². The van der Waals surface area contributed by atoms with Gasteiger partial charge in [0.05, 0.1) is 18.1 Å². The van der Waals surface area contributed by atoms with Crippen LogP contribution < -0.4 is 19.5 Å². The van der Waals surface area contributed by atoms with Gasteiger partial charge in [0.2, 0.25) is 0 Å². The highest BCUT2D eigenvalue weighted by Gasteiger charge is 2.19. The Morgan fingerprint density at radius 1 is 0.900 bits per heavy atom. The minimum absolute atomic E-state index is 0.0670. The van der Waals surface area contributed by atoms with Gasteiger partial charge in [-0.15, -0.1) is 0 Å². The zero-order chi connectivity index (χ0) is 21.1. The van der Waals surface area contributed by atoms with Gasteiger partial charge < -0.3 is 19.2 Å². The van der Waals surface area contributed by atoms with E-state index in [2.05, 4.69) is 10.0 Å². The van der Waals surface area contributed by atoms with Gasteiger partial charge >= 0.3 is 0 Å². The fraction of sp³-hybridized carbons (Fsp3) is 0.190. The summed E-state index contributed by atoms with van der Waals surface area (Å²) >= 11 is 0.